The van der Waals surface area contributed by atoms with Gasteiger partial charge in [0.25, 0.3) is 0 Å². The lowest BCUT2D eigenvalue weighted by Crippen LogP contribution is -2.34. The molecule has 0 spiro atoms. The third kappa shape index (κ3) is 3.06. The average Bonchev–Trinajstić information content (AvgIpc) is 2.35. The Labute approximate surface area is 92.4 Å². The molecule has 0 aliphatic carbocycles. The molecule has 0 aromatic carbocycles. The monoisotopic (exact) mass is 227 g/mol. The summed E-state index contributed by atoms with van der Waals surface area (Å²) in [5.41, 5.74) is 0. The third-order valence-electron chi connectivity index (χ3n) is 1.81. The van der Waals surface area contributed by atoms with Crippen LogP contribution in [0.15, 0.2) is 12.3 Å². The molecule has 0 amide bonds. The first-order valence-corrected chi connectivity index (χ1v) is 4.53. The lowest BCUT2D eigenvalue weighted by Gasteiger charge is -2.13. The lowest BCUT2D eigenvalue weighted by molar-refractivity contribution is -0.142. The molecule has 0 fully saturated rings. The lowest BCUT2D eigenvalue weighted by atomic mass is 10.3. The molecule has 1 rings (SSSR count). The third-order valence-corrected chi connectivity index (χ3v) is 1.81. The van der Waals surface area contributed by atoms with Crippen LogP contribution in [0.2, 0.25) is 0 Å². The number of hydrogen-bond donors (Lipinski definition) is 2. The van der Waals surface area contributed by atoms with Gasteiger partial charge in [-0.15, -0.1) is 0 Å². The van der Waals surface area contributed by atoms with Crippen LogP contribution >= 0.6 is 0 Å². The van der Waals surface area contributed by atoms with E-state index in [0.717, 1.165) is 0 Å². The second kappa shape index (κ2) is 5.86. The summed E-state index contributed by atoms with van der Waals surface area (Å²) in [6.45, 7) is -0.409. The zero-order valence-electron chi connectivity index (χ0n) is 9.01. The van der Waals surface area contributed by atoms with Crippen molar-refractivity contribution in [2.75, 3.05) is 26.1 Å². The number of hydrogen-bond acceptors (Lipinski definition) is 7. The van der Waals surface area contributed by atoms with Crippen molar-refractivity contribution >= 4 is 11.9 Å². The molecular formula is C9H13N3O4. The maximum absolute atomic E-state index is 11.2. The van der Waals surface area contributed by atoms with E-state index in [-0.39, 0.29) is 5.95 Å². The number of methoxy groups -OCH3 is 2. The fourth-order valence-electron chi connectivity index (χ4n) is 1.00. The summed E-state index contributed by atoms with van der Waals surface area (Å²) in [7, 11) is 2.70. The molecule has 7 heteroatoms. The minimum atomic E-state index is -0.892. The van der Waals surface area contributed by atoms with Crippen LogP contribution in [0, 0.1) is 0 Å². The van der Waals surface area contributed by atoms with Crippen molar-refractivity contribution in [3.63, 3.8) is 0 Å². The van der Waals surface area contributed by atoms with E-state index in [1.54, 1.807) is 6.07 Å². The molecule has 1 aromatic heterocycles. The van der Waals surface area contributed by atoms with Crippen molar-refractivity contribution in [3.8, 4) is 5.88 Å². The highest BCUT2D eigenvalue weighted by atomic mass is 16.5. The van der Waals surface area contributed by atoms with Crippen LogP contribution in [0.1, 0.15) is 0 Å². The second-order valence-corrected chi connectivity index (χ2v) is 2.83. The number of anilines is 1. The Kier molecular flexibility index (Phi) is 4.46. The molecule has 0 bridgehead atoms. The Bertz CT molecular complexity index is 358. The Morgan fingerprint density at radius 1 is 1.62 bits per heavy atom. The predicted octanol–water partition coefficient (Wildman–Crippen LogP) is -0.569. The molecule has 0 saturated carbocycles. The van der Waals surface area contributed by atoms with Crippen molar-refractivity contribution in [2.24, 2.45) is 0 Å². The van der Waals surface area contributed by atoms with Crippen molar-refractivity contribution < 1.29 is 19.4 Å². The number of nitrogens with one attached hydrogen (secondary N) is 1. The molecule has 1 aromatic rings. The average molecular weight is 227 g/mol. The van der Waals surface area contributed by atoms with Crippen LogP contribution in [0.3, 0.4) is 0 Å². The Hall–Kier alpha value is -1.89. The van der Waals surface area contributed by atoms with Gasteiger partial charge in [-0.25, -0.2) is 9.78 Å². The number of carbonyl (C=O) groups excluding carboxylic acids is 1. The molecule has 1 unspecified atom stereocenters. The van der Waals surface area contributed by atoms with E-state index in [9.17, 15) is 4.79 Å². The van der Waals surface area contributed by atoms with Crippen LogP contribution in [-0.4, -0.2) is 47.9 Å². The van der Waals surface area contributed by atoms with Crippen LogP contribution in [-0.2, 0) is 9.53 Å². The molecule has 2 N–H and O–H groups in total. The number of esters is 1. The number of aromatic nitrogens is 2. The first-order chi connectivity index (χ1) is 7.71. The summed E-state index contributed by atoms with van der Waals surface area (Å²) in [6.07, 6.45) is 1.47. The van der Waals surface area contributed by atoms with Gasteiger partial charge in [0, 0.05) is 12.3 Å². The molecule has 88 valence electrons. The topological polar surface area (TPSA) is 93.6 Å². The number of ether oxygens (including phenoxy) is 2. The minimum Gasteiger partial charge on any atom is -0.481 e. The van der Waals surface area contributed by atoms with Crippen LogP contribution in [0.5, 0.6) is 5.88 Å². The van der Waals surface area contributed by atoms with Gasteiger partial charge in [0.15, 0.2) is 6.04 Å². The Morgan fingerprint density at radius 3 is 2.94 bits per heavy atom. The summed E-state index contributed by atoms with van der Waals surface area (Å²) < 4.78 is 9.37. The number of rotatable bonds is 5. The van der Waals surface area contributed by atoms with Gasteiger partial charge in [-0.3, -0.25) is 0 Å². The maximum Gasteiger partial charge on any atom is 0.330 e. The predicted molar refractivity (Wildman–Crippen MR) is 55.1 cm³/mol. The molecule has 0 aliphatic rings. The van der Waals surface area contributed by atoms with Gasteiger partial charge < -0.3 is 19.9 Å². The van der Waals surface area contributed by atoms with E-state index >= 15 is 0 Å². The van der Waals surface area contributed by atoms with E-state index in [0.29, 0.717) is 5.88 Å². The summed E-state index contributed by atoms with van der Waals surface area (Å²) >= 11 is 0. The summed E-state index contributed by atoms with van der Waals surface area (Å²) in [6, 6.07) is 0.675. The highest BCUT2D eigenvalue weighted by Gasteiger charge is 2.18. The van der Waals surface area contributed by atoms with Crippen molar-refractivity contribution in [1.82, 2.24) is 9.97 Å². The molecular weight excluding hydrogens is 214 g/mol. The summed E-state index contributed by atoms with van der Waals surface area (Å²) in [5.74, 6) is -0.0447. The van der Waals surface area contributed by atoms with E-state index in [2.05, 4.69) is 20.0 Å². The highest BCUT2D eigenvalue weighted by molar-refractivity contribution is 5.78. The van der Waals surface area contributed by atoms with Gasteiger partial charge in [-0.05, 0) is 0 Å². The molecule has 1 atom stereocenters. The first-order valence-electron chi connectivity index (χ1n) is 4.53. The number of nitrogens with zero attached hydrogens (tertiary/aromatic N) is 2. The standard InChI is InChI=1S/C9H13N3O4/c1-15-7-3-4-10-9(12-7)11-6(5-13)8(14)16-2/h3-4,6,13H,5H2,1-2H3,(H,10,11,12). The minimum absolute atomic E-state index is 0.184. The van der Waals surface area contributed by atoms with Gasteiger partial charge in [-0.2, -0.15) is 4.98 Å². The van der Waals surface area contributed by atoms with Gasteiger partial charge in [-0.1, -0.05) is 0 Å². The SMILES string of the molecule is COC(=O)C(CO)Nc1nccc(OC)n1. The number of aliphatic hydroxyl groups excluding tert-OH is 1. The highest BCUT2D eigenvalue weighted by Crippen LogP contribution is 2.08. The summed E-state index contributed by atoms with van der Waals surface area (Å²) in [4.78, 5) is 19.0. The molecule has 0 aliphatic heterocycles. The molecule has 1 heterocycles. The van der Waals surface area contributed by atoms with Crippen molar-refractivity contribution in [1.29, 1.82) is 0 Å². The largest absolute Gasteiger partial charge is 0.481 e. The second-order valence-electron chi connectivity index (χ2n) is 2.83. The van der Waals surface area contributed by atoms with E-state index < -0.39 is 18.6 Å². The molecule has 7 nitrogen and oxygen atoms in total. The fourth-order valence-corrected chi connectivity index (χ4v) is 1.00. The fraction of sp³-hybridized carbons (Fsp3) is 0.444. The number of aliphatic hydroxyl groups is 1. The molecule has 0 radical (unpaired) electrons. The van der Waals surface area contributed by atoms with E-state index in [4.69, 9.17) is 9.84 Å². The zero-order valence-corrected chi connectivity index (χ0v) is 9.01. The molecule has 16 heavy (non-hydrogen) atoms. The Morgan fingerprint density at radius 2 is 2.38 bits per heavy atom. The smallest absolute Gasteiger partial charge is 0.330 e. The van der Waals surface area contributed by atoms with E-state index in [1.165, 1.54) is 20.4 Å². The normalized spacial score (nSPS) is 11.7. The summed E-state index contributed by atoms with van der Waals surface area (Å²) in [5, 5.41) is 11.6. The first kappa shape index (κ1) is 12.2. The zero-order chi connectivity index (χ0) is 12.0. The maximum atomic E-state index is 11.2. The van der Waals surface area contributed by atoms with Crippen molar-refractivity contribution in [2.45, 2.75) is 6.04 Å². The van der Waals surface area contributed by atoms with Gasteiger partial charge >= 0.3 is 5.97 Å². The van der Waals surface area contributed by atoms with Crippen LogP contribution < -0.4 is 10.1 Å². The van der Waals surface area contributed by atoms with Crippen LogP contribution in [0.25, 0.3) is 0 Å². The molecule has 0 saturated heterocycles. The number of carbonyl (C=O) groups is 1. The quantitative estimate of drug-likeness (QED) is 0.650. The van der Waals surface area contributed by atoms with Gasteiger partial charge in [0.2, 0.25) is 11.8 Å². The van der Waals surface area contributed by atoms with Gasteiger partial charge in [0.1, 0.15) is 0 Å². The van der Waals surface area contributed by atoms with Crippen LogP contribution in [0.4, 0.5) is 5.95 Å². The van der Waals surface area contributed by atoms with Crippen molar-refractivity contribution in [3.05, 3.63) is 12.3 Å². The van der Waals surface area contributed by atoms with E-state index in [1.807, 2.05) is 0 Å². The Balaban J connectivity index is 2.73. The van der Waals surface area contributed by atoms with Gasteiger partial charge in [0.05, 0.1) is 20.8 Å².